The van der Waals surface area contributed by atoms with Crippen molar-refractivity contribution in [1.29, 1.82) is 0 Å². The van der Waals surface area contributed by atoms with Crippen LogP contribution in [0.15, 0.2) is 41.8 Å². The lowest BCUT2D eigenvalue weighted by molar-refractivity contribution is 0.134. The fraction of sp³-hybridized carbons (Fsp3) is 0.312. The molecule has 1 N–H and O–H groups in total. The van der Waals surface area contributed by atoms with Crippen LogP contribution in [0.2, 0.25) is 0 Å². The van der Waals surface area contributed by atoms with E-state index in [0.29, 0.717) is 6.61 Å². The topological polar surface area (TPSA) is 38.3 Å². The molecule has 0 saturated carbocycles. The first-order valence-corrected chi connectivity index (χ1v) is 7.74. The molecule has 1 amide bonds. The summed E-state index contributed by atoms with van der Waals surface area (Å²) in [5.74, 6) is 0. The van der Waals surface area contributed by atoms with Gasteiger partial charge in [0.1, 0.15) is 6.61 Å². The minimum absolute atomic E-state index is 0.105. The molecule has 0 fully saturated rings. The van der Waals surface area contributed by atoms with E-state index in [9.17, 15) is 4.79 Å². The van der Waals surface area contributed by atoms with Crippen molar-refractivity contribution in [2.24, 2.45) is 0 Å². The maximum absolute atomic E-state index is 11.9. The van der Waals surface area contributed by atoms with Gasteiger partial charge in [-0.25, -0.2) is 4.79 Å². The number of fused-ring (bicyclic) bond motifs is 1. The Hall–Kier alpha value is -1.81. The van der Waals surface area contributed by atoms with Crippen molar-refractivity contribution in [1.82, 2.24) is 5.32 Å². The summed E-state index contributed by atoms with van der Waals surface area (Å²) in [4.78, 5) is 13.3. The number of amides is 1. The molecule has 1 atom stereocenters. The van der Waals surface area contributed by atoms with E-state index >= 15 is 0 Å². The Bertz CT molecular complexity index is 579. The summed E-state index contributed by atoms with van der Waals surface area (Å²) < 4.78 is 5.28. The molecule has 0 aliphatic heterocycles. The smallest absolute Gasteiger partial charge is 0.407 e. The van der Waals surface area contributed by atoms with E-state index in [0.717, 1.165) is 24.8 Å². The van der Waals surface area contributed by atoms with Gasteiger partial charge in [0.25, 0.3) is 0 Å². The summed E-state index contributed by atoms with van der Waals surface area (Å²) in [6.07, 6.45) is 2.91. The van der Waals surface area contributed by atoms with Gasteiger partial charge >= 0.3 is 6.09 Å². The van der Waals surface area contributed by atoms with Gasteiger partial charge in [-0.2, -0.15) is 0 Å². The summed E-state index contributed by atoms with van der Waals surface area (Å²) in [6, 6.07) is 11.9. The zero-order valence-corrected chi connectivity index (χ0v) is 12.0. The Morgan fingerprint density at radius 2 is 2.15 bits per heavy atom. The minimum Gasteiger partial charge on any atom is -0.445 e. The molecule has 1 unspecified atom stereocenters. The number of rotatable bonds is 3. The lowest BCUT2D eigenvalue weighted by Gasteiger charge is -2.23. The van der Waals surface area contributed by atoms with Crippen LogP contribution >= 0.6 is 11.3 Å². The molecule has 3 nitrogen and oxygen atoms in total. The molecular weight excluding hydrogens is 270 g/mol. The molecule has 0 spiro atoms. The molecule has 3 rings (SSSR count). The first-order chi connectivity index (χ1) is 9.83. The van der Waals surface area contributed by atoms with Crippen molar-refractivity contribution < 1.29 is 9.53 Å². The highest BCUT2D eigenvalue weighted by atomic mass is 32.1. The molecule has 20 heavy (non-hydrogen) atoms. The quantitative estimate of drug-likeness (QED) is 0.924. The van der Waals surface area contributed by atoms with E-state index in [2.05, 4.69) is 16.8 Å². The first-order valence-electron chi connectivity index (χ1n) is 6.86. The molecule has 0 bridgehead atoms. The zero-order chi connectivity index (χ0) is 13.8. The third-order valence-electron chi connectivity index (χ3n) is 3.56. The maximum Gasteiger partial charge on any atom is 0.407 e. The molecule has 1 aromatic carbocycles. The zero-order valence-electron chi connectivity index (χ0n) is 11.2. The number of ether oxygens (including phenoxy) is 1. The Morgan fingerprint density at radius 3 is 3.00 bits per heavy atom. The number of hydrogen-bond acceptors (Lipinski definition) is 3. The molecule has 104 valence electrons. The van der Waals surface area contributed by atoms with Crippen LogP contribution in [0.1, 0.15) is 34.9 Å². The first kappa shape index (κ1) is 13.2. The fourth-order valence-corrected chi connectivity index (χ4v) is 3.53. The SMILES string of the molecule is O=C(NC1CCCc2sccc21)OCc1ccccc1. The molecule has 1 aromatic heterocycles. The van der Waals surface area contributed by atoms with Gasteiger partial charge in [0.05, 0.1) is 6.04 Å². The van der Waals surface area contributed by atoms with Gasteiger partial charge in [0.2, 0.25) is 0 Å². The number of benzene rings is 1. The van der Waals surface area contributed by atoms with E-state index in [-0.39, 0.29) is 12.1 Å². The van der Waals surface area contributed by atoms with Gasteiger partial charge in [-0.05, 0) is 41.8 Å². The third-order valence-corrected chi connectivity index (χ3v) is 4.55. The van der Waals surface area contributed by atoms with Crippen LogP contribution in [0.4, 0.5) is 4.79 Å². The number of nitrogens with one attached hydrogen (secondary N) is 1. The predicted octanol–water partition coefficient (Wildman–Crippen LogP) is 4.05. The summed E-state index contributed by atoms with van der Waals surface area (Å²) in [7, 11) is 0. The maximum atomic E-state index is 11.9. The lowest BCUT2D eigenvalue weighted by Crippen LogP contribution is -2.30. The molecule has 1 heterocycles. The van der Waals surface area contributed by atoms with Gasteiger partial charge < -0.3 is 10.1 Å². The monoisotopic (exact) mass is 287 g/mol. The predicted molar refractivity (Wildman–Crippen MR) is 79.8 cm³/mol. The van der Waals surface area contributed by atoms with Crippen LogP contribution in [-0.2, 0) is 17.8 Å². The van der Waals surface area contributed by atoms with Gasteiger partial charge in [0.15, 0.2) is 0 Å². The Kier molecular flexibility index (Phi) is 4.02. The standard InChI is InChI=1S/C16H17NO2S/c18-16(19-11-12-5-2-1-3-6-12)17-14-7-4-8-15-13(14)9-10-20-15/h1-3,5-6,9-10,14H,4,7-8,11H2,(H,17,18). The second kappa shape index (κ2) is 6.09. The second-order valence-electron chi connectivity index (χ2n) is 4.95. The van der Waals surface area contributed by atoms with Crippen molar-refractivity contribution in [3.8, 4) is 0 Å². The third kappa shape index (κ3) is 3.02. The molecule has 0 saturated heterocycles. The summed E-state index contributed by atoms with van der Waals surface area (Å²) >= 11 is 1.77. The normalized spacial score (nSPS) is 17.3. The summed E-state index contributed by atoms with van der Waals surface area (Å²) in [5.41, 5.74) is 2.26. The molecule has 1 aliphatic rings. The molecule has 4 heteroatoms. The number of hydrogen-bond donors (Lipinski definition) is 1. The molecule has 2 aromatic rings. The van der Waals surface area contributed by atoms with E-state index < -0.39 is 0 Å². The van der Waals surface area contributed by atoms with Crippen molar-refractivity contribution >= 4 is 17.4 Å². The Balaban J connectivity index is 1.55. The minimum atomic E-state index is -0.335. The average Bonchev–Trinajstić information content (AvgIpc) is 2.96. The van der Waals surface area contributed by atoms with E-state index in [1.165, 1.54) is 10.4 Å². The van der Waals surface area contributed by atoms with E-state index in [1.54, 1.807) is 11.3 Å². The van der Waals surface area contributed by atoms with Gasteiger partial charge in [0, 0.05) is 4.88 Å². The highest BCUT2D eigenvalue weighted by Crippen LogP contribution is 2.33. The van der Waals surface area contributed by atoms with Gasteiger partial charge in [-0.1, -0.05) is 30.3 Å². The molecular formula is C16H17NO2S. The molecule has 1 aliphatic carbocycles. The van der Waals surface area contributed by atoms with Crippen molar-refractivity contribution in [2.75, 3.05) is 0 Å². The number of thiophene rings is 1. The largest absolute Gasteiger partial charge is 0.445 e. The van der Waals surface area contributed by atoms with Crippen LogP contribution in [0.3, 0.4) is 0 Å². The van der Waals surface area contributed by atoms with Gasteiger partial charge in [-0.3, -0.25) is 0 Å². The lowest BCUT2D eigenvalue weighted by atomic mass is 9.94. The average molecular weight is 287 g/mol. The van der Waals surface area contributed by atoms with Crippen LogP contribution in [0, 0.1) is 0 Å². The van der Waals surface area contributed by atoms with Crippen molar-refractivity contribution in [3.63, 3.8) is 0 Å². The molecule has 0 radical (unpaired) electrons. The van der Waals surface area contributed by atoms with E-state index in [1.807, 2.05) is 30.3 Å². The second-order valence-corrected chi connectivity index (χ2v) is 5.95. The van der Waals surface area contributed by atoms with Crippen LogP contribution in [-0.4, -0.2) is 6.09 Å². The van der Waals surface area contributed by atoms with Crippen molar-refractivity contribution in [3.05, 3.63) is 57.8 Å². The van der Waals surface area contributed by atoms with Crippen LogP contribution in [0.25, 0.3) is 0 Å². The highest BCUT2D eigenvalue weighted by Gasteiger charge is 2.23. The number of carbonyl (C=O) groups is 1. The number of carbonyl (C=O) groups excluding carboxylic acids is 1. The summed E-state index contributed by atoms with van der Waals surface area (Å²) in [6.45, 7) is 0.315. The van der Waals surface area contributed by atoms with Crippen LogP contribution in [0.5, 0.6) is 0 Å². The highest BCUT2D eigenvalue weighted by molar-refractivity contribution is 7.10. The Labute approximate surface area is 122 Å². The number of alkyl carbamates (subject to hydrolysis) is 1. The fourth-order valence-electron chi connectivity index (χ4n) is 2.54. The van der Waals surface area contributed by atoms with Crippen molar-refractivity contribution in [2.45, 2.75) is 31.9 Å². The summed E-state index contributed by atoms with van der Waals surface area (Å²) in [5, 5.41) is 5.07. The van der Waals surface area contributed by atoms with Gasteiger partial charge in [-0.15, -0.1) is 11.3 Å². The van der Waals surface area contributed by atoms with E-state index in [4.69, 9.17) is 4.74 Å². The van der Waals surface area contributed by atoms with Crippen LogP contribution < -0.4 is 5.32 Å². The number of aryl methyl sites for hydroxylation is 1. The Morgan fingerprint density at radius 1 is 1.30 bits per heavy atom.